The van der Waals surface area contributed by atoms with Crippen LogP contribution < -0.4 is 14.5 Å². The van der Waals surface area contributed by atoms with E-state index in [9.17, 15) is 9.60 Å². The number of anilines is 4. The molecule has 0 amide bonds. The number of para-hydroxylation sites is 2. The fourth-order valence-corrected chi connectivity index (χ4v) is 8.88. The minimum Gasteiger partial charge on any atom is -0.509 e. The summed E-state index contributed by atoms with van der Waals surface area (Å²) in [5.74, 6) is 0.0895. The van der Waals surface area contributed by atoms with E-state index in [4.69, 9.17) is 20.7 Å². The van der Waals surface area contributed by atoms with Gasteiger partial charge in [-0.15, -0.1) is 48.1 Å². The van der Waals surface area contributed by atoms with Gasteiger partial charge in [-0.2, -0.15) is 12.1 Å². The van der Waals surface area contributed by atoms with Gasteiger partial charge in [0.15, 0.2) is 0 Å². The van der Waals surface area contributed by atoms with E-state index in [0.717, 1.165) is 27.8 Å². The Morgan fingerprint density at radius 3 is 1.86 bits per heavy atom. The molecule has 1 aliphatic heterocycles. The van der Waals surface area contributed by atoms with Crippen molar-refractivity contribution in [2.24, 2.45) is 0 Å². The Kier molecular flexibility index (Phi) is 8.72. The first-order valence-electron chi connectivity index (χ1n) is 31.0. The van der Waals surface area contributed by atoms with Crippen LogP contribution in [-0.2, 0) is 37.3 Å². The van der Waals surface area contributed by atoms with Crippen LogP contribution >= 0.6 is 0 Å². The number of hydrogen-bond donors (Lipinski definition) is 0. The molecule has 11 rings (SSSR count). The molecule has 0 saturated carbocycles. The van der Waals surface area contributed by atoms with Gasteiger partial charge in [0.1, 0.15) is 5.82 Å². The van der Waals surface area contributed by atoms with Gasteiger partial charge in [-0.1, -0.05) is 177 Å². The Bertz CT molecular complexity index is 4470. The molecule has 0 spiro atoms. The smallest absolute Gasteiger partial charge is 0.135 e. The van der Waals surface area contributed by atoms with E-state index < -0.39 is 101 Å². The Morgan fingerprint density at radius 2 is 1.17 bits per heavy atom. The van der Waals surface area contributed by atoms with E-state index in [0.29, 0.717) is 28.3 Å². The SMILES string of the molecule is [2H]c1c([2H])c([2H])c(-c2cc(C(C)(C)C)cc(-c3cccc(C(C)(C)C)c3)c2N2[CH-]N(c3[c-]c(Oc4[c-]c5c(c([2H])c4[2H])c4c([2H])c(-c6c([2H])c([2H])c([2H])c([2H])c6[2H])c([2H])c([2H])c4n5-c4cc(C(C)(C)C)ccn4)ccc3)c3ccccc32)c([2H])c1[2H].[Pt]. The maximum absolute atomic E-state index is 9.73. The molecule has 362 valence electrons. The molecule has 10 aromatic rings. The molecule has 0 radical (unpaired) electrons. The maximum Gasteiger partial charge on any atom is 0.135 e. The summed E-state index contributed by atoms with van der Waals surface area (Å²) in [7, 11) is 0. The minimum atomic E-state index is -0.689. The first kappa shape index (κ1) is 33.4. The van der Waals surface area contributed by atoms with E-state index >= 15 is 0 Å². The van der Waals surface area contributed by atoms with Gasteiger partial charge in [0.25, 0.3) is 0 Å². The summed E-state index contributed by atoms with van der Waals surface area (Å²) in [5, 5.41) is -0.141. The van der Waals surface area contributed by atoms with Gasteiger partial charge in [-0.05, 0) is 104 Å². The molecular weight excluding hydrogens is 1060 g/mol. The third kappa shape index (κ3) is 9.16. The van der Waals surface area contributed by atoms with E-state index in [1.54, 1.807) is 24.4 Å². The number of nitrogens with zero attached hydrogens (tertiary/aromatic N) is 4. The van der Waals surface area contributed by atoms with Crippen molar-refractivity contribution in [2.45, 2.75) is 78.6 Å². The van der Waals surface area contributed by atoms with Crippen LogP contribution in [0.25, 0.3) is 61.0 Å². The number of rotatable bonds is 8. The molecule has 0 aliphatic carbocycles. The van der Waals surface area contributed by atoms with Crippen LogP contribution in [0.5, 0.6) is 11.5 Å². The predicted octanol–water partition coefficient (Wildman–Crippen LogP) is 17.9. The molecule has 3 heterocycles. The number of aromatic nitrogens is 2. The molecule has 0 bridgehead atoms. The van der Waals surface area contributed by atoms with Crippen molar-refractivity contribution in [1.29, 1.82) is 0 Å². The number of fused-ring (bicyclic) bond motifs is 4. The Hall–Kier alpha value is -7.20. The van der Waals surface area contributed by atoms with Crippen LogP contribution in [0.15, 0.2) is 188 Å². The second-order valence-corrected chi connectivity index (χ2v) is 20.7. The summed E-state index contributed by atoms with van der Waals surface area (Å²) in [4.78, 5) is 8.54. The van der Waals surface area contributed by atoms with Gasteiger partial charge >= 0.3 is 0 Å². The van der Waals surface area contributed by atoms with Gasteiger partial charge in [-0.3, -0.25) is 0 Å². The van der Waals surface area contributed by atoms with Gasteiger partial charge in [0.05, 0.1) is 17.8 Å². The van der Waals surface area contributed by atoms with E-state index in [1.165, 1.54) is 4.57 Å². The van der Waals surface area contributed by atoms with Crippen LogP contribution in [0, 0.1) is 18.8 Å². The molecular formula is C66H59N4OPt-3. The van der Waals surface area contributed by atoms with Crippen LogP contribution in [0.3, 0.4) is 0 Å². The van der Waals surface area contributed by atoms with Crippen LogP contribution in [0.1, 0.15) is 99.6 Å². The van der Waals surface area contributed by atoms with Gasteiger partial charge in [0.2, 0.25) is 0 Å². The molecule has 6 heteroatoms. The summed E-state index contributed by atoms with van der Waals surface area (Å²) in [6, 6.07) is 27.2. The van der Waals surface area contributed by atoms with Crippen molar-refractivity contribution in [2.75, 3.05) is 9.80 Å². The summed E-state index contributed by atoms with van der Waals surface area (Å²) >= 11 is 0. The van der Waals surface area contributed by atoms with Crippen molar-refractivity contribution < 1.29 is 46.4 Å². The van der Waals surface area contributed by atoms with Crippen LogP contribution in [-0.4, -0.2) is 9.55 Å². The molecule has 0 unspecified atom stereocenters. The van der Waals surface area contributed by atoms with E-state index in [2.05, 4.69) is 71.9 Å². The standard InChI is InChI=1S/C66H59N4O.Pt/c1-64(2,3)48-25-18-24-47(36-48)56-39-50(66(7,8)9)38-55(45-22-14-11-15-23-45)63(56)69-43-68(59-28-16-17-29-60(59)69)51-26-19-27-52(41-51)71-53-31-32-54-57-37-46(44-20-12-10-13-21-44)30-33-58(57)70(61(54)42-53)62-40-49(34-35-67-62)65(4,5)6;/h10-40,43H,1-9H3;/q-3;/i10D,11D,12D,13D,14D,15D,20D,21D,22D,23D,30D,31D,32D,33D,37D;. The summed E-state index contributed by atoms with van der Waals surface area (Å²) in [5.41, 5.74) is 5.23. The zero-order valence-electron chi connectivity index (χ0n) is 56.3. The third-order valence-corrected chi connectivity index (χ3v) is 12.7. The minimum absolute atomic E-state index is 0. The summed E-state index contributed by atoms with van der Waals surface area (Å²) in [6.07, 6.45) is 1.58. The third-order valence-electron chi connectivity index (χ3n) is 12.7. The molecule has 8 aromatic carbocycles. The quantitative estimate of drug-likeness (QED) is 0.142. The van der Waals surface area contributed by atoms with Crippen molar-refractivity contribution in [3.05, 3.63) is 223 Å². The Balaban J connectivity index is 0.00000838. The monoisotopic (exact) mass is 1130 g/mol. The fraction of sp³-hybridized carbons (Fsp3) is 0.182. The van der Waals surface area contributed by atoms with E-state index in [-0.39, 0.29) is 83.3 Å². The van der Waals surface area contributed by atoms with Crippen LogP contribution in [0.2, 0.25) is 0 Å². The molecule has 2 aromatic heterocycles. The molecule has 5 nitrogen and oxygen atoms in total. The van der Waals surface area contributed by atoms with Gasteiger partial charge in [0, 0.05) is 73.8 Å². The normalized spacial score (nSPS) is 15.8. The zero-order chi connectivity index (χ0) is 62.3. The topological polar surface area (TPSA) is 33.5 Å². The molecule has 0 fully saturated rings. The largest absolute Gasteiger partial charge is 0.509 e. The first-order chi connectivity index (χ1) is 40.3. The molecule has 0 saturated heterocycles. The molecule has 0 atom stereocenters. The van der Waals surface area contributed by atoms with Gasteiger partial charge in [-0.25, -0.2) is 4.98 Å². The van der Waals surface area contributed by atoms with Crippen LogP contribution in [0.4, 0.5) is 22.7 Å². The molecule has 0 N–H and O–H groups in total. The predicted molar refractivity (Wildman–Crippen MR) is 297 cm³/mol. The van der Waals surface area contributed by atoms with Crippen molar-refractivity contribution in [3.63, 3.8) is 0 Å². The molecule has 1 aliphatic rings. The number of ether oxygens (including phenoxy) is 1. The maximum atomic E-state index is 9.73. The number of hydrogen-bond acceptors (Lipinski definition) is 4. The molecule has 72 heavy (non-hydrogen) atoms. The first-order valence-corrected chi connectivity index (χ1v) is 23.5. The van der Waals surface area contributed by atoms with Crippen molar-refractivity contribution >= 4 is 44.6 Å². The summed E-state index contributed by atoms with van der Waals surface area (Å²) < 4.78 is 144. The Morgan fingerprint density at radius 1 is 0.528 bits per heavy atom. The van der Waals surface area contributed by atoms with Crippen molar-refractivity contribution in [1.82, 2.24) is 9.55 Å². The summed E-state index contributed by atoms with van der Waals surface area (Å²) in [6.45, 7) is 20.5. The second-order valence-electron chi connectivity index (χ2n) is 20.7. The Labute approximate surface area is 461 Å². The average Bonchev–Trinajstić information content (AvgIpc) is 1.61. The fourth-order valence-electron chi connectivity index (χ4n) is 8.88. The number of benzene rings is 8. The number of pyridine rings is 1. The van der Waals surface area contributed by atoms with E-state index in [1.807, 2.05) is 91.8 Å². The zero-order valence-corrected chi connectivity index (χ0v) is 43.6. The van der Waals surface area contributed by atoms with Gasteiger partial charge < -0.3 is 19.1 Å². The second kappa shape index (κ2) is 18.8. The average molecular weight is 1130 g/mol. The van der Waals surface area contributed by atoms with Crippen molar-refractivity contribution in [3.8, 4) is 50.7 Å².